The monoisotopic (exact) mass is 376 g/mol. The maximum atomic E-state index is 4.43. The molecule has 0 aromatic heterocycles. The predicted octanol–water partition coefficient (Wildman–Crippen LogP) is 3.03. The summed E-state index contributed by atoms with van der Waals surface area (Å²) in [6.07, 6.45) is 2.59. The predicted molar refractivity (Wildman–Crippen MR) is 89.7 cm³/mol. The minimum atomic E-state index is 0. The summed E-state index contributed by atoms with van der Waals surface area (Å²) >= 11 is 0. The van der Waals surface area contributed by atoms with Gasteiger partial charge < -0.3 is 5.32 Å². The van der Waals surface area contributed by atoms with Gasteiger partial charge in [-0.1, -0.05) is 12.8 Å². The van der Waals surface area contributed by atoms with Crippen LogP contribution in [-0.2, 0) is 32.7 Å². The van der Waals surface area contributed by atoms with Crippen LogP contribution >= 0.6 is 0 Å². The molecule has 0 N–H and O–H groups in total. The van der Waals surface area contributed by atoms with Crippen molar-refractivity contribution in [3.8, 4) is 0 Å². The molecule has 0 spiro atoms. The van der Waals surface area contributed by atoms with Crippen molar-refractivity contribution < 1.29 is 32.7 Å². The molecule has 2 heterocycles. The fraction of sp³-hybridized carbons (Fsp3) is 0.667. The third-order valence-electron chi connectivity index (χ3n) is 4.44. The average molecular weight is 376 g/mol. The summed E-state index contributed by atoms with van der Waals surface area (Å²) in [5.74, 6) is 0. The molecule has 1 aromatic rings. The van der Waals surface area contributed by atoms with E-state index in [9.17, 15) is 0 Å². The number of nitrogens with zero attached hydrogens (tertiary/aromatic N) is 3. The summed E-state index contributed by atoms with van der Waals surface area (Å²) in [6.45, 7) is 11.8. The molecular weight excluding hydrogens is 347 g/mol. The van der Waals surface area contributed by atoms with E-state index in [0.717, 1.165) is 19.1 Å². The molecule has 0 atom stereocenters. The maximum Gasteiger partial charge on any atom is 0.0113 e. The Morgan fingerprint density at radius 3 is 1.95 bits per heavy atom. The first-order valence-corrected chi connectivity index (χ1v) is 8.30. The van der Waals surface area contributed by atoms with Gasteiger partial charge in [-0.25, -0.2) is 0 Å². The van der Waals surface area contributed by atoms with Gasteiger partial charge in [0.25, 0.3) is 0 Å². The van der Waals surface area contributed by atoms with Crippen LogP contribution in [0.15, 0.2) is 30.3 Å². The number of hydrogen-bond acceptors (Lipinski definition) is 2. The topological polar surface area (TPSA) is 20.6 Å². The largest absolute Gasteiger partial charge is 0.662 e. The summed E-state index contributed by atoms with van der Waals surface area (Å²) in [6, 6.07) is 14.0. The first-order chi connectivity index (χ1) is 10.3. The number of piperazine rings is 1. The van der Waals surface area contributed by atoms with E-state index in [-0.39, 0.29) is 32.7 Å². The van der Waals surface area contributed by atoms with E-state index in [0.29, 0.717) is 6.04 Å². The van der Waals surface area contributed by atoms with Crippen molar-refractivity contribution in [1.82, 2.24) is 9.80 Å². The van der Waals surface area contributed by atoms with E-state index < -0.39 is 0 Å². The van der Waals surface area contributed by atoms with E-state index >= 15 is 0 Å². The van der Waals surface area contributed by atoms with Crippen LogP contribution in [-0.4, -0.2) is 61.2 Å². The molecule has 4 heteroatoms. The van der Waals surface area contributed by atoms with Crippen LogP contribution in [0, 0.1) is 6.07 Å². The van der Waals surface area contributed by atoms with Gasteiger partial charge >= 0.3 is 0 Å². The van der Waals surface area contributed by atoms with Crippen LogP contribution in [0.5, 0.6) is 0 Å². The maximum absolute atomic E-state index is 4.43. The Morgan fingerprint density at radius 2 is 1.55 bits per heavy atom. The first kappa shape index (κ1) is 20.2. The van der Waals surface area contributed by atoms with Gasteiger partial charge in [0, 0.05) is 71.0 Å². The third kappa shape index (κ3) is 7.18. The minimum absolute atomic E-state index is 0. The molecule has 0 saturated carbocycles. The van der Waals surface area contributed by atoms with Gasteiger partial charge in [0.05, 0.1) is 0 Å². The molecule has 22 heavy (non-hydrogen) atoms. The van der Waals surface area contributed by atoms with Crippen molar-refractivity contribution in [2.24, 2.45) is 0 Å². The van der Waals surface area contributed by atoms with Gasteiger partial charge in [-0.05, 0) is 13.8 Å². The first-order valence-electron chi connectivity index (χ1n) is 8.30. The van der Waals surface area contributed by atoms with Crippen molar-refractivity contribution >= 4 is 0 Å². The summed E-state index contributed by atoms with van der Waals surface area (Å²) in [7, 11) is 0. The smallest absolute Gasteiger partial charge is 0.0113 e. The third-order valence-corrected chi connectivity index (χ3v) is 4.44. The molecule has 0 bridgehead atoms. The van der Waals surface area contributed by atoms with Crippen LogP contribution in [0.4, 0.5) is 0 Å². The zero-order valence-electron chi connectivity index (χ0n) is 14.1. The second kappa shape index (κ2) is 11.7. The van der Waals surface area contributed by atoms with Gasteiger partial charge in [-0.2, -0.15) is 36.4 Å². The Bertz CT molecular complexity index is 331. The zero-order valence-corrected chi connectivity index (χ0v) is 17.0. The molecule has 2 saturated heterocycles. The summed E-state index contributed by atoms with van der Waals surface area (Å²) < 4.78 is 0. The summed E-state index contributed by atoms with van der Waals surface area (Å²) in [5, 5.41) is 4.43. The van der Waals surface area contributed by atoms with Gasteiger partial charge in [-0.3, -0.25) is 9.80 Å². The van der Waals surface area contributed by atoms with Crippen molar-refractivity contribution in [3.63, 3.8) is 0 Å². The number of hydrogen-bond donors (Lipinski definition) is 0. The van der Waals surface area contributed by atoms with Crippen molar-refractivity contribution in [3.05, 3.63) is 41.7 Å². The van der Waals surface area contributed by atoms with Gasteiger partial charge in [-0.15, -0.1) is 13.1 Å². The number of piperidine rings is 1. The molecule has 2 fully saturated rings. The SMILES string of the molecule is CC(C)N1CCN(C2CC[N-]CC2)CC1.[Y].[c-]1ccccc1. The summed E-state index contributed by atoms with van der Waals surface area (Å²) in [5.41, 5.74) is 0. The second-order valence-electron chi connectivity index (χ2n) is 6.15. The van der Waals surface area contributed by atoms with E-state index in [1.165, 1.54) is 39.0 Å². The molecular formula is C18H29N3Y-2. The Balaban J connectivity index is 0.000000293. The van der Waals surface area contributed by atoms with Crippen molar-refractivity contribution in [1.29, 1.82) is 0 Å². The van der Waals surface area contributed by atoms with E-state index in [2.05, 4.69) is 35.0 Å². The fourth-order valence-corrected chi connectivity index (χ4v) is 3.06. The quantitative estimate of drug-likeness (QED) is 0.740. The van der Waals surface area contributed by atoms with Crippen molar-refractivity contribution in [2.75, 3.05) is 39.3 Å². The van der Waals surface area contributed by atoms with Crippen molar-refractivity contribution in [2.45, 2.75) is 38.8 Å². The molecule has 2 aliphatic rings. The van der Waals surface area contributed by atoms with Gasteiger partial charge in [0.1, 0.15) is 0 Å². The second-order valence-corrected chi connectivity index (χ2v) is 6.15. The Labute approximate surface area is 161 Å². The molecule has 0 amide bonds. The van der Waals surface area contributed by atoms with E-state index in [1.807, 2.05) is 30.3 Å². The van der Waals surface area contributed by atoms with Crippen LogP contribution < -0.4 is 0 Å². The number of benzene rings is 1. The fourth-order valence-electron chi connectivity index (χ4n) is 3.06. The standard InChI is InChI=1S/C12H24N3.C6H5.Y/c1-11(2)14-7-9-15(10-8-14)12-3-5-13-6-4-12;1-2-4-6-5-3-1;/h11-12H,3-10H2,1-2H3;1-5H;/q2*-1;. The Kier molecular flexibility index (Phi) is 10.8. The molecule has 3 rings (SSSR count). The molecule has 1 aromatic carbocycles. The molecule has 1 radical (unpaired) electrons. The zero-order chi connectivity index (χ0) is 14.9. The Morgan fingerprint density at radius 1 is 0.955 bits per heavy atom. The molecule has 0 unspecified atom stereocenters. The molecule has 2 aliphatic heterocycles. The molecule has 3 nitrogen and oxygen atoms in total. The van der Waals surface area contributed by atoms with Crippen LogP contribution in [0.2, 0.25) is 0 Å². The summed E-state index contributed by atoms with van der Waals surface area (Å²) in [4.78, 5) is 5.28. The molecule has 121 valence electrons. The van der Waals surface area contributed by atoms with Crippen LogP contribution in [0.25, 0.3) is 5.32 Å². The van der Waals surface area contributed by atoms with Crippen LogP contribution in [0.3, 0.4) is 0 Å². The van der Waals surface area contributed by atoms with Crippen LogP contribution in [0.1, 0.15) is 26.7 Å². The van der Waals surface area contributed by atoms with E-state index in [1.54, 1.807) is 0 Å². The number of rotatable bonds is 2. The van der Waals surface area contributed by atoms with Gasteiger partial charge in [0.15, 0.2) is 0 Å². The Hall–Kier alpha value is 0.204. The van der Waals surface area contributed by atoms with Gasteiger partial charge in [0.2, 0.25) is 0 Å². The average Bonchev–Trinajstić information content (AvgIpc) is 2.58. The van der Waals surface area contributed by atoms with E-state index in [4.69, 9.17) is 0 Å². The minimum Gasteiger partial charge on any atom is -0.662 e. The normalized spacial score (nSPS) is 20.9. The molecule has 0 aliphatic carbocycles.